The summed E-state index contributed by atoms with van der Waals surface area (Å²) in [5.74, 6) is 0. The van der Waals surface area contributed by atoms with Crippen molar-refractivity contribution in [2.24, 2.45) is 0 Å². The second-order valence-electron chi connectivity index (χ2n) is 8.02. The van der Waals surface area contributed by atoms with E-state index < -0.39 is 10.0 Å². The molecule has 7 heteroatoms. The monoisotopic (exact) mass is 426 g/mol. The Morgan fingerprint density at radius 2 is 1.63 bits per heavy atom. The van der Waals surface area contributed by atoms with Crippen molar-refractivity contribution in [3.8, 4) is 0 Å². The Labute approximate surface area is 176 Å². The van der Waals surface area contributed by atoms with Crippen molar-refractivity contribution in [2.45, 2.75) is 32.2 Å². The van der Waals surface area contributed by atoms with E-state index in [0.29, 0.717) is 43.2 Å². The number of fused-ring (bicyclic) bond motifs is 1. The van der Waals surface area contributed by atoms with Crippen LogP contribution in [0.5, 0.6) is 0 Å². The Hall–Kier alpha value is -2.48. The second kappa shape index (κ2) is 7.98. The molecule has 1 aromatic heterocycles. The molecule has 0 N–H and O–H groups in total. The summed E-state index contributed by atoms with van der Waals surface area (Å²) in [6, 6.07) is 12.7. The highest BCUT2D eigenvalue weighted by Crippen LogP contribution is 2.23. The van der Waals surface area contributed by atoms with Crippen molar-refractivity contribution in [3.63, 3.8) is 0 Å². The number of hydrogen-bond acceptors (Lipinski definition) is 5. The van der Waals surface area contributed by atoms with Gasteiger partial charge < -0.3 is 4.42 Å². The van der Waals surface area contributed by atoms with Crippen LogP contribution in [0.15, 0.2) is 56.6 Å². The average Bonchev–Trinajstić information content (AvgIpc) is 2.70. The highest BCUT2D eigenvalue weighted by molar-refractivity contribution is 7.89. The quantitative estimate of drug-likeness (QED) is 0.599. The zero-order valence-electron chi connectivity index (χ0n) is 17.5. The standard InChI is InChI=1S/C23H26N2O4S/c1-16-4-7-21-19(14-23(26)29-22(21)12-16)15-24-8-10-25(11-9-24)30(27,28)20-6-5-17(2)18(3)13-20/h4-7,12-14H,8-11,15H2,1-3H3. The molecule has 158 valence electrons. The number of aryl methyl sites for hydroxylation is 3. The predicted octanol–water partition coefficient (Wildman–Crippen LogP) is 3.22. The van der Waals surface area contributed by atoms with Crippen molar-refractivity contribution >= 4 is 21.0 Å². The zero-order valence-corrected chi connectivity index (χ0v) is 18.3. The van der Waals surface area contributed by atoms with Gasteiger partial charge in [0.2, 0.25) is 10.0 Å². The Morgan fingerprint density at radius 1 is 0.900 bits per heavy atom. The van der Waals surface area contributed by atoms with Gasteiger partial charge in [0.15, 0.2) is 0 Å². The first-order valence-electron chi connectivity index (χ1n) is 10.1. The van der Waals surface area contributed by atoms with E-state index in [9.17, 15) is 13.2 Å². The number of nitrogens with zero attached hydrogens (tertiary/aromatic N) is 2. The number of rotatable bonds is 4. The summed E-state index contributed by atoms with van der Waals surface area (Å²) < 4.78 is 32.9. The lowest BCUT2D eigenvalue weighted by atomic mass is 10.1. The largest absolute Gasteiger partial charge is 0.423 e. The highest BCUT2D eigenvalue weighted by Gasteiger charge is 2.29. The van der Waals surface area contributed by atoms with E-state index in [2.05, 4.69) is 4.90 Å². The van der Waals surface area contributed by atoms with Crippen molar-refractivity contribution in [1.29, 1.82) is 0 Å². The molecule has 1 saturated heterocycles. The van der Waals surface area contributed by atoms with Gasteiger partial charge in [0, 0.05) is 44.2 Å². The van der Waals surface area contributed by atoms with Crippen molar-refractivity contribution in [2.75, 3.05) is 26.2 Å². The van der Waals surface area contributed by atoms with E-state index in [4.69, 9.17) is 4.42 Å². The maximum atomic E-state index is 13.0. The average molecular weight is 427 g/mol. The first-order chi connectivity index (χ1) is 14.2. The SMILES string of the molecule is Cc1ccc2c(CN3CCN(S(=O)(=O)c4ccc(C)c(C)c4)CC3)cc(=O)oc2c1. The number of hydrogen-bond donors (Lipinski definition) is 0. The minimum atomic E-state index is -3.50. The molecule has 4 rings (SSSR count). The maximum absolute atomic E-state index is 13.0. The van der Waals surface area contributed by atoms with Crippen LogP contribution in [0.3, 0.4) is 0 Å². The molecule has 0 saturated carbocycles. The molecule has 6 nitrogen and oxygen atoms in total. The van der Waals surface area contributed by atoms with Crippen LogP contribution in [-0.4, -0.2) is 43.8 Å². The summed E-state index contributed by atoms with van der Waals surface area (Å²) in [7, 11) is -3.50. The lowest BCUT2D eigenvalue weighted by molar-refractivity contribution is 0.182. The molecule has 0 unspecified atom stereocenters. The van der Waals surface area contributed by atoms with Gasteiger partial charge in [-0.15, -0.1) is 0 Å². The van der Waals surface area contributed by atoms with Gasteiger partial charge in [-0.1, -0.05) is 18.2 Å². The third kappa shape index (κ3) is 4.05. The normalized spacial score (nSPS) is 16.2. The summed E-state index contributed by atoms with van der Waals surface area (Å²) in [5.41, 5.74) is 4.22. The Kier molecular flexibility index (Phi) is 5.53. The van der Waals surface area contributed by atoms with E-state index in [1.807, 2.05) is 45.0 Å². The fourth-order valence-corrected chi connectivity index (χ4v) is 5.37. The minimum Gasteiger partial charge on any atom is -0.423 e. The van der Waals surface area contributed by atoms with Gasteiger partial charge in [-0.2, -0.15) is 4.31 Å². The van der Waals surface area contributed by atoms with Gasteiger partial charge in [0.05, 0.1) is 4.90 Å². The summed E-state index contributed by atoms with van der Waals surface area (Å²) in [6.07, 6.45) is 0. The van der Waals surface area contributed by atoms with E-state index in [-0.39, 0.29) is 5.63 Å². The molecule has 0 spiro atoms. The molecule has 0 bridgehead atoms. The summed E-state index contributed by atoms with van der Waals surface area (Å²) in [5, 5.41) is 0.922. The molecule has 0 amide bonds. The van der Waals surface area contributed by atoms with Crippen LogP contribution in [0.1, 0.15) is 22.3 Å². The molecule has 30 heavy (non-hydrogen) atoms. The Bertz CT molecular complexity index is 1260. The molecule has 3 aromatic rings. The maximum Gasteiger partial charge on any atom is 0.336 e. The molecular weight excluding hydrogens is 400 g/mol. The van der Waals surface area contributed by atoms with Crippen molar-refractivity contribution in [3.05, 3.63) is 75.1 Å². The molecule has 1 aliphatic rings. The third-order valence-corrected chi connectivity index (χ3v) is 7.72. The molecule has 0 aliphatic carbocycles. The molecule has 1 aliphatic heterocycles. The van der Waals surface area contributed by atoms with Crippen molar-refractivity contribution in [1.82, 2.24) is 9.21 Å². The van der Waals surface area contributed by atoms with Crippen molar-refractivity contribution < 1.29 is 12.8 Å². The molecule has 0 atom stereocenters. The fourth-order valence-electron chi connectivity index (χ4n) is 3.86. The first kappa shape index (κ1) is 20.8. The molecule has 1 fully saturated rings. The summed E-state index contributed by atoms with van der Waals surface area (Å²) in [6.45, 7) is 8.51. The zero-order chi connectivity index (χ0) is 21.5. The number of piperazine rings is 1. The summed E-state index contributed by atoms with van der Waals surface area (Å²) in [4.78, 5) is 14.5. The highest BCUT2D eigenvalue weighted by atomic mass is 32.2. The second-order valence-corrected chi connectivity index (χ2v) is 9.95. The van der Waals surface area contributed by atoms with E-state index in [0.717, 1.165) is 27.6 Å². The fraction of sp³-hybridized carbons (Fsp3) is 0.348. The van der Waals surface area contributed by atoms with E-state index in [1.54, 1.807) is 16.4 Å². The van der Waals surface area contributed by atoms with Gasteiger partial charge in [0.25, 0.3) is 0 Å². The molecule has 2 aromatic carbocycles. The van der Waals surface area contributed by atoms with Crippen LogP contribution in [0, 0.1) is 20.8 Å². The van der Waals surface area contributed by atoms with Crippen LogP contribution in [0.4, 0.5) is 0 Å². The van der Waals surface area contributed by atoms with Gasteiger partial charge in [-0.25, -0.2) is 13.2 Å². The Morgan fingerprint density at radius 3 is 2.33 bits per heavy atom. The molecular formula is C23H26N2O4S. The van der Waals surface area contributed by atoms with Crippen LogP contribution >= 0.6 is 0 Å². The van der Waals surface area contributed by atoms with E-state index in [1.165, 1.54) is 6.07 Å². The van der Waals surface area contributed by atoms with E-state index >= 15 is 0 Å². The predicted molar refractivity (Wildman–Crippen MR) is 117 cm³/mol. The van der Waals surface area contributed by atoms with Gasteiger partial charge >= 0.3 is 5.63 Å². The van der Waals surface area contributed by atoms with Gasteiger partial charge in [0.1, 0.15) is 5.58 Å². The lowest BCUT2D eigenvalue weighted by Gasteiger charge is -2.34. The molecule has 0 radical (unpaired) electrons. The van der Waals surface area contributed by atoms with Gasteiger partial charge in [-0.05, 0) is 61.2 Å². The minimum absolute atomic E-state index is 0.348. The smallest absolute Gasteiger partial charge is 0.336 e. The van der Waals surface area contributed by atoms with Crippen LogP contribution in [-0.2, 0) is 16.6 Å². The topological polar surface area (TPSA) is 70.8 Å². The first-order valence-corrected chi connectivity index (χ1v) is 11.5. The molecule has 2 heterocycles. The van der Waals surface area contributed by atoms with Crippen LogP contribution < -0.4 is 5.63 Å². The third-order valence-electron chi connectivity index (χ3n) is 5.83. The lowest BCUT2D eigenvalue weighted by Crippen LogP contribution is -2.48. The van der Waals surface area contributed by atoms with Gasteiger partial charge in [-0.3, -0.25) is 4.90 Å². The van der Waals surface area contributed by atoms with Crippen LogP contribution in [0.2, 0.25) is 0 Å². The van der Waals surface area contributed by atoms with Crippen LogP contribution in [0.25, 0.3) is 11.0 Å². The Balaban J connectivity index is 1.49. The number of benzene rings is 2. The number of sulfonamides is 1. The summed E-state index contributed by atoms with van der Waals surface area (Å²) >= 11 is 0.